The Kier molecular flexibility index (Phi) is 7.34. The summed E-state index contributed by atoms with van der Waals surface area (Å²) in [7, 11) is 1.88. The fraction of sp³-hybridized carbons (Fsp3) is 0.571. The molecule has 2 bridgehead atoms. The molecule has 1 aliphatic heterocycles. The van der Waals surface area contributed by atoms with E-state index in [0.717, 1.165) is 23.7 Å². The quantitative estimate of drug-likeness (QED) is 0.521. The predicted molar refractivity (Wildman–Crippen MR) is 136 cm³/mol. The summed E-state index contributed by atoms with van der Waals surface area (Å²) in [6.07, 6.45) is 7.63. The van der Waals surface area contributed by atoms with Gasteiger partial charge in [-0.05, 0) is 69.1 Å². The van der Waals surface area contributed by atoms with Crippen molar-refractivity contribution >= 4 is 5.91 Å². The van der Waals surface area contributed by atoms with E-state index in [4.69, 9.17) is 14.6 Å². The number of amides is 1. The number of aliphatic hydroxyl groups is 1. The Bertz CT molecular complexity index is 1170. The average molecular weight is 496 g/mol. The summed E-state index contributed by atoms with van der Waals surface area (Å²) in [6.45, 7) is 2.46. The van der Waals surface area contributed by atoms with Crippen molar-refractivity contribution in [3.8, 4) is 5.69 Å². The number of allylic oxidation sites excluding steroid dienone is 1. The summed E-state index contributed by atoms with van der Waals surface area (Å²) in [5.74, 6) is 0.971. The lowest BCUT2D eigenvalue weighted by atomic mass is 9.92. The predicted octanol–water partition coefficient (Wildman–Crippen LogP) is 3.29. The Hall–Kier alpha value is -2.84. The van der Waals surface area contributed by atoms with Gasteiger partial charge in [0.1, 0.15) is 0 Å². The van der Waals surface area contributed by atoms with E-state index in [1.54, 1.807) is 10.8 Å². The molecular formula is C28H37N3O5. The van der Waals surface area contributed by atoms with Crippen molar-refractivity contribution in [2.45, 2.75) is 70.1 Å². The molecule has 1 aromatic heterocycles. The van der Waals surface area contributed by atoms with Crippen LogP contribution in [0.15, 0.2) is 47.0 Å². The molecule has 1 aromatic carbocycles. The molecule has 2 fully saturated rings. The molecule has 2 aromatic rings. The van der Waals surface area contributed by atoms with E-state index in [1.807, 2.05) is 49.0 Å². The summed E-state index contributed by atoms with van der Waals surface area (Å²) in [5, 5.41) is 12.3. The smallest absolute Gasteiger partial charge is 0.286 e. The Balaban J connectivity index is 1.42. The SMILES string of the molecule is Cc1c([C@H]2C=C(C(=O)NC3CC4CCC3C4)O[C@@H](OCCCCO)C2)c(=O)n(-c2ccccc2)n1C. The van der Waals surface area contributed by atoms with Crippen molar-refractivity contribution in [1.29, 1.82) is 0 Å². The third-order valence-corrected chi connectivity index (χ3v) is 8.16. The van der Waals surface area contributed by atoms with Crippen LogP contribution in [0.25, 0.3) is 5.69 Å². The molecule has 2 N–H and O–H groups in total. The number of aromatic nitrogens is 2. The summed E-state index contributed by atoms with van der Waals surface area (Å²) < 4.78 is 15.5. The molecule has 0 saturated heterocycles. The Morgan fingerprint density at radius 1 is 1.17 bits per heavy atom. The standard InChI is InChI=1S/C28H37N3O5/c1-18-26(28(34)31(30(18)2)22-8-4-3-5-9-22)21-16-24(36-25(17-21)35-13-7-6-12-32)27(33)29-23-15-19-10-11-20(23)14-19/h3-5,8-9,16,19-21,23,25,32H,6-7,10-15,17H2,1-2H3,(H,29,33)/t19?,20?,21-,23?,25+/m0/s1. The minimum atomic E-state index is -0.636. The number of unbranched alkanes of at least 4 members (excludes halogenated alkanes) is 1. The molecule has 36 heavy (non-hydrogen) atoms. The molecular weight excluding hydrogens is 458 g/mol. The zero-order valence-corrected chi connectivity index (χ0v) is 21.2. The second-order valence-corrected chi connectivity index (χ2v) is 10.5. The van der Waals surface area contributed by atoms with Gasteiger partial charge in [-0.3, -0.25) is 14.3 Å². The number of benzene rings is 1. The number of carbonyl (C=O) groups is 1. The fourth-order valence-electron chi connectivity index (χ4n) is 6.23. The number of carbonyl (C=O) groups excluding carboxylic acids is 1. The highest BCUT2D eigenvalue weighted by Crippen LogP contribution is 2.44. The van der Waals surface area contributed by atoms with Crippen molar-refractivity contribution < 1.29 is 19.4 Å². The molecule has 5 rings (SSSR count). The van der Waals surface area contributed by atoms with Gasteiger partial charge in [0.15, 0.2) is 5.76 Å². The van der Waals surface area contributed by atoms with E-state index in [-0.39, 0.29) is 35.8 Å². The zero-order valence-electron chi connectivity index (χ0n) is 21.2. The first kappa shape index (κ1) is 24.8. The number of nitrogens with one attached hydrogen (secondary N) is 1. The van der Waals surface area contributed by atoms with Gasteiger partial charge in [0.2, 0.25) is 6.29 Å². The van der Waals surface area contributed by atoms with E-state index in [0.29, 0.717) is 37.4 Å². The van der Waals surface area contributed by atoms with Crippen LogP contribution in [-0.2, 0) is 21.3 Å². The number of ether oxygens (including phenoxy) is 2. The lowest BCUT2D eigenvalue weighted by Crippen LogP contribution is -2.41. The van der Waals surface area contributed by atoms with Gasteiger partial charge in [0, 0.05) is 43.3 Å². The summed E-state index contributed by atoms with van der Waals surface area (Å²) in [4.78, 5) is 27.0. The lowest BCUT2D eigenvalue weighted by Gasteiger charge is -2.30. The highest BCUT2D eigenvalue weighted by molar-refractivity contribution is 5.92. The van der Waals surface area contributed by atoms with Crippen LogP contribution in [0.4, 0.5) is 0 Å². The van der Waals surface area contributed by atoms with Gasteiger partial charge in [-0.1, -0.05) is 24.6 Å². The Morgan fingerprint density at radius 2 is 1.97 bits per heavy atom. The average Bonchev–Trinajstić information content (AvgIpc) is 3.56. The monoisotopic (exact) mass is 495 g/mol. The first-order valence-electron chi connectivity index (χ1n) is 13.2. The number of aliphatic hydroxyl groups excluding tert-OH is 1. The molecule has 3 aliphatic rings. The van der Waals surface area contributed by atoms with Crippen molar-refractivity contribution in [3.63, 3.8) is 0 Å². The lowest BCUT2D eigenvalue weighted by molar-refractivity contribution is -0.147. The maximum atomic E-state index is 13.7. The van der Waals surface area contributed by atoms with Crippen LogP contribution in [-0.4, -0.2) is 45.9 Å². The largest absolute Gasteiger partial charge is 0.459 e. The van der Waals surface area contributed by atoms with E-state index in [1.165, 1.54) is 19.3 Å². The van der Waals surface area contributed by atoms with Crippen LogP contribution in [0.5, 0.6) is 0 Å². The van der Waals surface area contributed by atoms with E-state index < -0.39 is 6.29 Å². The van der Waals surface area contributed by atoms with E-state index in [9.17, 15) is 9.59 Å². The molecule has 1 amide bonds. The van der Waals surface area contributed by atoms with Crippen LogP contribution >= 0.6 is 0 Å². The van der Waals surface area contributed by atoms with E-state index in [2.05, 4.69) is 5.32 Å². The van der Waals surface area contributed by atoms with Crippen molar-refractivity contribution in [2.24, 2.45) is 18.9 Å². The van der Waals surface area contributed by atoms with Crippen LogP contribution in [0.3, 0.4) is 0 Å². The second kappa shape index (κ2) is 10.6. The molecule has 0 radical (unpaired) electrons. The summed E-state index contributed by atoms with van der Waals surface area (Å²) in [6, 6.07) is 9.75. The first-order valence-corrected chi connectivity index (χ1v) is 13.2. The third-order valence-electron chi connectivity index (χ3n) is 8.16. The van der Waals surface area contributed by atoms with Crippen LogP contribution in [0, 0.1) is 18.8 Å². The van der Waals surface area contributed by atoms with Crippen molar-refractivity contribution in [1.82, 2.24) is 14.7 Å². The van der Waals surface area contributed by atoms with Crippen molar-refractivity contribution in [3.05, 3.63) is 63.8 Å². The van der Waals surface area contributed by atoms with Gasteiger partial charge in [-0.15, -0.1) is 0 Å². The molecule has 2 aliphatic carbocycles. The van der Waals surface area contributed by atoms with Gasteiger partial charge < -0.3 is 19.9 Å². The molecule has 0 spiro atoms. The topological polar surface area (TPSA) is 94.7 Å². The molecule has 5 atom stereocenters. The molecule has 8 heteroatoms. The molecule has 8 nitrogen and oxygen atoms in total. The number of hydrogen-bond donors (Lipinski definition) is 2. The summed E-state index contributed by atoms with van der Waals surface area (Å²) >= 11 is 0. The van der Waals surface area contributed by atoms with Crippen molar-refractivity contribution in [2.75, 3.05) is 13.2 Å². The highest BCUT2D eigenvalue weighted by atomic mass is 16.7. The Morgan fingerprint density at radius 3 is 2.67 bits per heavy atom. The fourth-order valence-corrected chi connectivity index (χ4v) is 6.23. The number of hydrogen-bond acceptors (Lipinski definition) is 5. The van der Waals surface area contributed by atoms with Gasteiger partial charge in [-0.2, -0.15) is 0 Å². The van der Waals surface area contributed by atoms with Gasteiger partial charge in [0.05, 0.1) is 12.3 Å². The molecule has 2 saturated carbocycles. The van der Waals surface area contributed by atoms with Gasteiger partial charge in [-0.25, -0.2) is 4.68 Å². The van der Waals surface area contributed by atoms with E-state index >= 15 is 0 Å². The molecule has 2 heterocycles. The molecule has 194 valence electrons. The van der Waals surface area contributed by atoms with Crippen LogP contribution in [0.1, 0.15) is 62.1 Å². The first-order chi connectivity index (χ1) is 17.5. The minimum absolute atomic E-state index is 0.101. The number of nitrogens with zero attached hydrogens (tertiary/aromatic N) is 2. The number of fused-ring (bicyclic) bond motifs is 2. The zero-order chi connectivity index (χ0) is 25.2. The van der Waals surface area contributed by atoms with Crippen LogP contribution in [0.2, 0.25) is 0 Å². The Labute approximate surface area is 211 Å². The number of rotatable bonds is 9. The molecule has 3 unspecified atom stereocenters. The third kappa shape index (κ3) is 4.89. The van der Waals surface area contributed by atoms with Crippen LogP contribution < -0.4 is 10.9 Å². The maximum Gasteiger partial charge on any atom is 0.286 e. The highest BCUT2D eigenvalue weighted by Gasteiger charge is 2.41. The second-order valence-electron chi connectivity index (χ2n) is 10.5. The minimum Gasteiger partial charge on any atom is -0.459 e. The maximum absolute atomic E-state index is 13.7. The van der Waals surface area contributed by atoms with Gasteiger partial charge in [0.25, 0.3) is 11.5 Å². The normalized spacial score (nSPS) is 27.1. The summed E-state index contributed by atoms with van der Waals surface area (Å²) in [5.41, 5.74) is 2.19. The number of para-hydroxylation sites is 1. The van der Waals surface area contributed by atoms with Gasteiger partial charge >= 0.3 is 0 Å².